The number of hydrogen-bond donors (Lipinski definition) is 1. The molecule has 0 saturated carbocycles. The summed E-state index contributed by atoms with van der Waals surface area (Å²) in [5, 5.41) is 4.32. The minimum absolute atomic E-state index is 0.124. The van der Waals surface area contributed by atoms with Crippen molar-refractivity contribution in [3.05, 3.63) is 64.4 Å². The normalized spacial score (nSPS) is 12.4. The van der Waals surface area contributed by atoms with Crippen molar-refractivity contribution in [1.82, 2.24) is 10.3 Å². The molecular weight excluding hydrogens is 256 g/mol. The van der Waals surface area contributed by atoms with E-state index >= 15 is 0 Å². The fourth-order valence-corrected chi connectivity index (χ4v) is 2.24. The Bertz CT molecular complexity index is 523. The molecule has 0 radical (unpaired) electrons. The molecule has 0 bridgehead atoms. The van der Waals surface area contributed by atoms with Gasteiger partial charge in [-0.2, -0.15) is 0 Å². The van der Waals surface area contributed by atoms with E-state index in [0.717, 1.165) is 23.7 Å². The van der Waals surface area contributed by atoms with Gasteiger partial charge in [-0.05, 0) is 49.2 Å². The second kappa shape index (κ2) is 6.69. The van der Waals surface area contributed by atoms with Crippen LogP contribution in [-0.4, -0.2) is 11.5 Å². The molecule has 3 heteroatoms. The van der Waals surface area contributed by atoms with Crippen LogP contribution in [-0.2, 0) is 0 Å². The lowest BCUT2D eigenvalue weighted by atomic mass is 10.00. The summed E-state index contributed by atoms with van der Waals surface area (Å²) in [6.07, 6.45) is 2.94. The highest BCUT2D eigenvalue weighted by Gasteiger charge is 2.16. The van der Waals surface area contributed by atoms with Crippen LogP contribution in [0.1, 0.15) is 36.2 Å². The maximum Gasteiger partial charge on any atom is 0.0754 e. The molecule has 19 heavy (non-hydrogen) atoms. The zero-order valence-electron chi connectivity index (χ0n) is 11.4. The third kappa shape index (κ3) is 3.55. The topological polar surface area (TPSA) is 24.9 Å². The fourth-order valence-electron chi connectivity index (χ4n) is 2.12. The van der Waals surface area contributed by atoms with E-state index in [0.29, 0.717) is 0 Å². The molecule has 2 aromatic rings. The maximum absolute atomic E-state index is 5.96. The Morgan fingerprint density at radius 1 is 1.21 bits per heavy atom. The van der Waals surface area contributed by atoms with Crippen molar-refractivity contribution in [1.29, 1.82) is 0 Å². The Balaban J connectivity index is 2.35. The van der Waals surface area contributed by atoms with Crippen LogP contribution in [0.25, 0.3) is 0 Å². The van der Waals surface area contributed by atoms with Crippen molar-refractivity contribution in [2.45, 2.75) is 26.3 Å². The van der Waals surface area contributed by atoms with Crippen LogP contribution in [0, 0.1) is 6.92 Å². The summed E-state index contributed by atoms with van der Waals surface area (Å²) < 4.78 is 0. The molecule has 0 aliphatic rings. The Morgan fingerprint density at radius 3 is 2.58 bits per heavy atom. The van der Waals surface area contributed by atoms with E-state index in [1.807, 2.05) is 24.4 Å². The van der Waals surface area contributed by atoms with Crippen molar-refractivity contribution in [3.8, 4) is 0 Å². The summed E-state index contributed by atoms with van der Waals surface area (Å²) in [6, 6.07) is 12.2. The number of nitrogens with one attached hydrogen (secondary N) is 1. The molecule has 1 N–H and O–H groups in total. The number of nitrogens with zero attached hydrogens (tertiary/aromatic N) is 1. The number of aryl methyl sites for hydroxylation is 1. The number of benzene rings is 1. The second-order valence-corrected chi connectivity index (χ2v) is 5.08. The Kier molecular flexibility index (Phi) is 4.94. The summed E-state index contributed by atoms with van der Waals surface area (Å²) in [6.45, 7) is 5.22. The molecule has 1 atom stereocenters. The average Bonchev–Trinajstić information content (AvgIpc) is 2.43. The van der Waals surface area contributed by atoms with Crippen LogP contribution in [0.15, 0.2) is 42.6 Å². The standard InChI is InChI=1S/C16H19ClN2/c1-3-10-18-16(13-6-8-14(17)9-7-13)15-12(2)5-4-11-19-15/h4-9,11,16,18H,3,10H2,1-2H3. The molecule has 2 nitrogen and oxygen atoms in total. The van der Waals surface area contributed by atoms with Gasteiger partial charge in [-0.15, -0.1) is 0 Å². The number of rotatable bonds is 5. The SMILES string of the molecule is CCCNC(c1ccc(Cl)cc1)c1ncccc1C. The number of pyridine rings is 1. The molecule has 1 heterocycles. The van der Waals surface area contributed by atoms with Gasteiger partial charge < -0.3 is 5.32 Å². The van der Waals surface area contributed by atoms with Crippen molar-refractivity contribution in [2.24, 2.45) is 0 Å². The van der Waals surface area contributed by atoms with Crippen LogP contribution >= 0.6 is 11.6 Å². The van der Waals surface area contributed by atoms with E-state index in [1.54, 1.807) is 0 Å². The third-order valence-corrected chi connectivity index (χ3v) is 3.38. The first-order chi connectivity index (χ1) is 9.22. The second-order valence-electron chi connectivity index (χ2n) is 4.64. The monoisotopic (exact) mass is 274 g/mol. The highest BCUT2D eigenvalue weighted by atomic mass is 35.5. The number of aromatic nitrogens is 1. The smallest absolute Gasteiger partial charge is 0.0754 e. The van der Waals surface area contributed by atoms with Crippen molar-refractivity contribution in [2.75, 3.05) is 6.54 Å². The van der Waals surface area contributed by atoms with Gasteiger partial charge in [0, 0.05) is 11.2 Å². The van der Waals surface area contributed by atoms with Gasteiger partial charge in [0.15, 0.2) is 0 Å². The predicted octanol–water partition coefficient (Wildman–Crippen LogP) is 4.13. The first-order valence-electron chi connectivity index (χ1n) is 6.62. The molecule has 2 rings (SSSR count). The highest BCUT2D eigenvalue weighted by Crippen LogP contribution is 2.24. The van der Waals surface area contributed by atoms with Crippen LogP contribution in [0.5, 0.6) is 0 Å². The minimum atomic E-state index is 0.124. The van der Waals surface area contributed by atoms with Crippen LogP contribution in [0.4, 0.5) is 0 Å². The molecule has 1 aromatic carbocycles. The molecule has 1 unspecified atom stereocenters. The van der Waals surface area contributed by atoms with Gasteiger partial charge in [-0.3, -0.25) is 4.98 Å². The van der Waals surface area contributed by atoms with Crippen molar-refractivity contribution >= 4 is 11.6 Å². The molecule has 0 amide bonds. The first kappa shape index (κ1) is 14.0. The predicted molar refractivity (Wildman–Crippen MR) is 80.6 cm³/mol. The molecule has 0 aliphatic carbocycles. The van der Waals surface area contributed by atoms with Gasteiger partial charge in [0.05, 0.1) is 11.7 Å². The molecular formula is C16H19ClN2. The van der Waals surface area contributed by atoms with E-state index in [9.17, 15) is 0 Å². The van der Waals surface area contributed by atoms with Crippen LogP contribution < -0.4 is 5.32 Å². The van der Waals surface area contributed by atoms with E-state index in [-0.39, 0.29) is 6.04 Å². The lowest BCUT2D eigenvalue weighted by Gasteiger charge is -2.20. The van der Waals surface area contributed by atoms with Gasteiger partial charge >= 0.3 is 0 Å². The Labute approximate surface area is 119 Å². The quantitative estimate of drug-likeness (QED) is 0.887. The number of hydrogen-bond acceptors (Lipinski definition) is 2. The van der Waals surface area contributed by atoms with Crippen molar-refractivity contribution in [3.63, 3.8) is 0 Å². The van der Waals surface area contributed by atoms with E-state index < -0.39 is 0 Å². The third-order valence-electron chi connectivity index (χ3n) is 3.13. The lowest BCUT2D eigenvalue weighted by molar-refractivity contribution is 0.584. The minimum Gasteiger partial charge on any atom is -0.305 e. The summed E-state index contributed by atoms with van der Waals surface area (Å²) in [5.74, 6) is 0. The van der Waals surface area contributed by atoms with Gasteiger partial charge in [0.25, 0.3) is 0 Å². The molecule has 0 saturated heterocycles. The first-order valence-corrected chi connectivity index (χ1v) is 7.00. The molecule has 0 fully saturated rings. The summed E-state index contributed by atoms with van der Waals surface area (Å²) in [5.41, 5.74) is 3.48. The van der Waals surface area contributed by atoms with Gasteiger partial charge in [-0.25, -0.2) is 0 Å². The molecule has 0 aliphatic heterocycles. The fraction of sp³-hybridized carbons (Fsp3) is 0.312. The Hall–Kier alpha value is -1.38. The maximum atomic E-state index is 5.96. The van der Waals surface area contributed by atoms with E-state index in [2.05, 4.69) is 42.3 Å². The molecule has 100 valence electrons. The van der Waals surface area contributed by atoms with Crippen molar-refractivity contribution < 1.29 is 0 Å². The highest BCUT2D eigenvalue weighted by molar-refractivity contribution is 6.30. The van der Waals surface area contributed by atoms with Crippen LogP contribution in [0.3, 0.4) is 0 Å². The molecule has 0 spiro atoms. The zero-order valence-corrected chi connectivity index (χ0v) is 12.1. The average molecular weight is 275 g/mol. The van der Waals surface area contributed by atoms with E-state index in [1.165, 1.54) is 11.1 Å². The summed E-state index contributed by atoms with van der Waals surface area (Å²) >= 11 is 5.96. The lowest BCUT2D eigenvalue weighted by Crippen LogP contribution is -2.24. The van der Waals surface area contributed by atoms with Gasteiger partial charge in [-0.1, -0.05) is 36.7 Å². The zero-order chi connectivity index (χ0) is 13.7. The summed E-state index contributed by atoms with van der Waals surface area (Å²) in [7, 11) is 0. The Morgan fingerprint density at radius 2 is 1.95 bits per heavy atom. The largest absolute Gasteiger partial charge is 0.305 e. The summed E-state index contributed by atoms with van der Waals surface area (Å²) in [4.78, 5) is 4.53. The van der Waals surface area contributed by atoms with Crippen LogP contribution in [0.2, 0.25) is 5.02 Å². The number of halogens is 1. The molecule has 1 aromatic heterocycles. The van der Waals surface area contributed by atoms with Gasteiger partial charge in [0.1, 0.15) is 0 Å². The van der Waals surface area contributed by atoms with E-state index in [4.69, 9.17) is 11.6 Å². The van der Waals surface area contributed by atoms with Gasteiger partial charge in [0.2, 0.25) is 0 Å².